The lowest BCUT2D eigenvalue weighted by molar-refractivity contribution is -0.118. The van der Waals surface area contributed by atoms with E-state index in [4.69, 9.17) is 4.98 Å². The van der Waals surface area contributed by atoms with Gasteiger partial charge in [0.2, 0.25) is 5.91 Å². The quantitative estimate of drug-likeness (QED) is 0.796. The Kier molecular flexibility index (Phi) is 7.06. The van der Waals surface area contributed by atoms with Gasteiger partial charge in [0, 0.05) is 17.8 Å². The van der Waals surface area contributed by atoms with E-state index in [0.29, 0.717) is 18.9 Å². The second kappa shape index (κ2) is 8.81. The van der Waals surface area contributed by atoms with Gasteiger partial charge in [0.05, 0.1) is 5.69 Å². The van der Waals surface area contributed by atoms with Crippen LogP contribution >= 0.6 is 23.7 Å². The second-order valence-corrected chi connectivity index (χ2v) is 7.33. The molecule has 0 radical (unpaired) electrons. The Bertz CT molecular complexity index is 516. The van der Waals surface area contributed by atoms with Gasteiger partial charge in [-0.05, 0) is 57.5 Å². The molecule has 128 valence electrons. The fourth-order valence-corrected chi connectivity index (χ4v) is 4.47. The summed E-state index contributed by atoms with van der Waals surface area (Å²) in [4.78, 5) is 20.6. The topological polar surface area (TPSA) is 45.2 Å². The number of fused-ring (bicyclic) bond motifs is 1. The van der Waals surface area contributed by atoms with E-state index < -0.39 is 0 Å². The molecule has 4 nitrogen and oxygen atoms in total. The van der Waals surface area contributed by atoms with Crippen molar-refractivity contribution in [2.75, 3.05) is 24.5 Å². The fraction of sp³-hybridized carbons (Fsp3) is 0.647. The minimum absolute atomic E-state index is 0. The van der Waals surface area contributed by atoms with Crippen molar-refractivity contribution in [2.24, 2.45) is 5.92 Å². The lowest BCUT2D eigenvalue weighted by Gasteiger charge is -2.19. The first kappa shape index (κ1) is 18.4. The molecule has 1 aromatic heterocycles. The van der Waals surface area contributed by atoms with Crippen molar-refractivity contribution >= 4 is 34.8 Å². The van der Waals surface area contributed by atoms with Crippen molar-refractivity contribution in [3.05, 3.63) is 23.2 Å². The van der Waals surface area contributed by atoms with Crippen LogP contribution < -0.4 is 10.2 Å². The van der Waals surface area contributed by atoms with Crippen LogP contribution in [0, 0.1) is 5.92 Å². The summed E-state index contributed by atoms with van der Waals surface area (Å²) in [7, 11) is 0. The van der Waals surface area contributed by atoms with Crippen LogP contribution in [0.2, 0.25) is 0 Å². The van der Waals surface area contributed by atoms with Crippen molar-refractivity contribution in [2.45, 2.75) is 44.9 Å². The van der Waals surface area contributed by atoms with Crippen LogP contribution in [-0.2, 0) is 17.6 Å². The van der Waals surface area contributed by atoms with E-state index >= 15 is 0 Å². The third kappa shape index (κ3) is 4.55. The Morgan fingerprint density at radius 2 is 2.26 bits per heavy atom. The first-order chi connectivity index (χ1) is 10.8. The zero-order chi connectivity index (χ0) is 15.4. The van der Waals surface area contributed by atoms with Gasteiger partial charge in [0.1, 0.15) is 0 Å². The number of carbonyl (C=O) groups is 1. The molecule has 1 atom stereocenters. The molecule has 1 fully saturated rings. The number of aryl methyl sites for hydroxylation is 2. The molecule has 1 amide bonds. The van der Waals surface area contributed by atoms with E-state index in [-0.39, 0.29) is 18.3 Å². The van der Waals surface area contributed by atoms with Gasteiger partial charge in [-0.15, -0.1) is 30.3 Å². The number of halogens is 1. The molecule has 2 heterocycles. The standard InChI is InChI=1S/C17H25N3OS.ClH/c1-2-11-20(16(21)8-7-13-9-10-18-12-13)17-19-14-5-3-4-6-15(14)22-17;/h2,13,18H,1,3-12H2;1H. The van der Waals surface area contributed by atoms with Crippen molar-refractivity contribution < 1.29 is 4.79 Å². The summed E-state index contributed by atoms with van der Waals surface area (Å²) in [5.74, 6) is 0.844. The molecule has 1 aromatic rings. The molecule has 1 unspecified atom stereocenters. The van der Waals surface area contributed by atoms with E-state index in [1.807, 2.05) is 4.90 Å². The normalized spacial score (nSPS) is 19.7. The molecule has 1 saturated heterocycles. The van der Waals surface area contributed by atoms with Gasteiger partial charge in [-0.3, -0.25) is 9.69 Å². The van der Waals surface area contributed by atoms with Crippen LogP contribution in [0.3, 0.4) is 0 Å². The largest absolute Gasteiger partial charge is 0.316 e. The van der Waals surface area contributed by atoms with Crippen LogP contribution in [0.1, 0.15) is 42.7 Å². The highest BCUT2D eigenvalue weighted by molar-refractivity contribution is 7.16. The smallest absolute Gasteiger partial charge is 0.229 e. The number of anilines is 1. The van der Waals surface area contributed by atoms with E-state index in [2.05, 4.69) is 11.9 Å². The van der Waals surface area contributed by atoms with Crippen LogP contribution in [0.25, 0.3) is 0 Å². The molecule has 0 spiro atoms. The molecular weight excluding hydrogens is 330 g/mol. The number of hydrogen-bond acceptors (Lipinski definition) is 4. The maximum absolute atomic E-state index is 12.6. The number of nitrogens with one attached hydrogen (secondary N) is 1. The molecule has 0 aromatic carbocycles. The zero-order valence-corrected chi connectivity index (χ0v) is 15.2. The summed E-state index contributed by atoms with van der Waals surface area (Å²) in [5.41, 5.74) is 1.22. The lowest BCUT2D eigenvalue weighted by Crippen LogP contribution is -2.31. The first-order valence-corrected chi connectivity index (χ1v) is 9.20. The fourth-order valence-electron chi connectivity index (χ4n) is 3.29. The molecule has 0 saturated carbocycles. The van der Waals surface area contributed by atoms with Gasteiger partial charge in [0.15, 0.2) is 5.13 Å². The molecule has 2 aliphatic rings. The van der Waals surface area contributed by atoms with Gasteiger partial charge in [-0.1, -0.05) is 6.08 Å². The van der Waals surface area contributed by atoms with Crippen LogP contribution in [-0.4, -0.2) is 30.5 Å². The number of aromatic nitrogens is 1. The summed E-state index contributed by atoms with van der Waals surface area (Å²) < 4.78 is 0. The van der Waals surface area contributed by atoms with Gasteiger partial charge >= 0.3 is 0 Å². The average molecular weight is 356 g/mol. The highest BCUT2D eigenvalue weighted by Crippen LogP contribution is 2.32. The summed E-state index contributed by atoms with van der Waals surface area (Å²) >= 11 is 1.70. The van der Waals surface area contributed by atoms with Crippen molar-refractivity contribution in [3.8, 4) is 0 Å². The second-order valence-electron chi connectivity index (χ2n) is 6.26. The Morgan fingerprint density at radius 1 is 1.43 bits per heavy atom. The number of rotatable bonds is 6. The van der Waals surface area contributed by atoms with Gasteiger partial charge in [0.25, 0.3) is 0 Å². The third-order valence-electron chi connectivity index (χ3n) is 4.61. The molecular formula is C17H26ClN3OS. The average Bonchev–Trinajstić information content (AvgIpc) is 3.18. The number of thiazole rings is 1. The third-order valence-corrected chi connectivity index (χ3v) is 5.79. The van der Waals surface area contributed by atoms with Crippen LogP contribution in [0.4, 0.5) is 5.13 Å². The molecule has 3 rings (SSSR count). The van der Waals surface area contributed by atoms with E-state index in [1.54, 1.807) is 17.4 Å². The van der Waals surface area contributed by atoms with Crippen molar-refractivity contribution in [1.29, 1.82) is 0 Å². The number of hydrogen-bond donors (Lipinski definition) is 1. The molecule has 0 bridgehead atoms. The van der Waals surface area contributed by atoms with E-state index in [9.17, 15) is 4.79 Å². The van der Waals surface area contributed by atoms with E-state index in [0.717, 1.165) is 37.5 Å². The summed E-state index contributed by atoms with van der Waals surface area (Å²) in [6.45, 7) is 6.51. The predicted octanol–water partition coefficient (Wildman–Crippen LogP) is 3.35. The predicted molar refractivity (Wildman–Crippen MR) is 98.8 cm³/mol. The summed E-state index contributed by atoms with van der Waals surface area (Å²) in [5, 5.41) is 4.24. The minimum atomic E-state index is 0. The highest BCUT2D eigenvalue weighted by atomic mass is 35.5. The molecule has 6 heteroatoms. The Morgan fingerprint density at radius 3 is 2.96 bits per heavy atom. The van der Waals surface area contributed by atoms with Gasteiger partial charge in [-0.2, -0.15) is 0 Å². The number of carbonyl (C=O) groups excluding carboxylic acids is 1. The maximum atomic E-state index is 12.6. The Hall–Kier alpha value is -0.910. The Labute approximate surface area is 148 Å². The lowest BCUT2D eigenvalue weighted by atomic mass is 10.0. The van der Waals surface area contributed by atoms with Crippen molar-refractivity contribution in [1.82, 2.24) is 10.3 Å². The highest BCUT2D eigenvalue weighted by Gasteiger charge is 2.23. The number of amides is 1. The van der Waals surface area contributed by atoms with Crippen LogP contribution in [0.5, 0.6) is 0 Å². The monoisotopic (exact) mass is 355 g/mol. The SMILES string of the molecule is C=CCN(C(=O)CCC1CCNC1)c1nc2c(s1)CCCC2.Cl. The van der Waals surface area contributed by atoms with Gasteiger partial charge < -0.3 is 5.32 Å². The minimum Gasteiger partial charge on any atom is -0.316 e. The Balaban J connectivity index is 0.00000192. The first-order valence-electron chi connectivity index (χ1n) is 8.38. The summed E-state index contributed by atoms with van der Waals surface area (Å²) in [6.07, 6.45) is 9.25. The maximum Gasteiger partial charge on any atom is 0.229 e. The van der Waals surface area contributed by atoms with Crippen molar-refractivity contribution in [3.63, 3.8) is 0 Å². The van der Waals surface area contributed by atoms with E-state index in [1.165, 1.54) is 29.8 Å². The molecule has 23 heavy (non-hydrogen) atoms. The molecule has 1 aliphatic heterocycles. The van der Waals surface area contributed by atoms with Gasteiger partial charge in [-0.25, -0.2) is 4.98 Å². The number of nitrogens with zero attached hydrogens (tertiary/aromatic N) is 2. The zero-order valence-electron chi connectivity index (χ0n) is 13.6. The summed E-state index contributed by atoms with van der Waals surface area (Å²) in [6, 6.07) is 0. The molecule has 1 N–H and O–H groups in total. The van der Waals surface area contributed by atoms with Crippen LogP contribution in [0.15, 0.2) is 12.7 Å². The molecule has 1 aliphatic carbocycles.